The monoisotopic (exact) mass is 318 g/mol. The standard InChI is InChI=1S/C18H22O5/c1-3-5-7-12-8-6-9-13-15(12)17(22)18(10-4-2,16(13)21)23-14(20)11-19/h6,8-9,19H,3-5,7,10-11H2,1-2H3. The van der Waals surface area contributed by atoms with Gasteiger partial charge in [0.15, 0.2) is 0 Å². The van der Waals surface area contributed by atoms with E-state index >= 15 is 0 Å². The van der Waals surface area contributed by atoms with Crippen LogP contribution in [0.4, 0.5) is 0 Å². The van der Waals surface area contributed by atoms with Crippen molar-refractivity contribution in [2.75, 3.05) is 6.61 Å². The van der Waals surface area contributed by atoms with Crippen LogP contribution in [0.15, 0.2) is 18.2 Å². The number of rotatable bonds is 7. The van der Waals surface area contributed by atoms with E-state index in [1.54, 1.807) is 12.1 Å². The summed E-state index contributed by atoms with van der Waals surface area (Å²) in [6, 6.07) is 5.20. The topological polar surface area (TPSA) is 80.7 Å². The summed E-state index contributed by atoms with van der Waals surface area (Å²) >= 11 is 0. The summed E-state index contributed by atoms with van der Waals surface area (Å²) in [7, 11) is 0. The summed E-state index contributed by atoms with van der Waals surface area (Å²) in [5.41, 5.74) is -0.284. The van der Waals surface area contributed by atoms with Gasteiger partial charge < -0.3 is 9.84 Å². The van der Waals surface area contributed by atoms with Gasteiger partial charge in [0.05, 0.1) is 0 Å². The van der Waals surface area contributed by atoms with E-state index in [-0.39, 0.29) is 6.42 Å². The maximum absolute atomic E-state index is 13.0. The van der Waals surface area contributed by atoms with Crippen molar-refractivity contribution in [2.45, 2.75) is 51.6 Å². The van der Waals surface area contributed by atoms with Crippen molar-refractivity contribution in [1.29, 1.82) is 0 Å². The molecule has 5 heteroatoms. The molecule has 0 aromatic heterocycles. The first-order chi connectivity index (χ1) is 11.0. The summed E-state index contributed by atoms with van der Waals surface area (Å²) < 4.78 is 5.17. The van der Waals surface area contributed by atoms with E-state index in [1.165, 1.54) is 0 Å². The van der Waals surface area contributed by atoms with Crippen LogP contribution in [0.5, 0.6) is 0 Å². The molecule has 2 rings (SSSR count). The Balaban J connectivity index is 2.50. The van der Waals surface area contributed by atoms with E-state index in [0.29, 0.717) is 24.0 Å². The van der Waals surface area contributed by atoms with Crippen molar-refractivity contribution in [3.05, 3.63) is 34.9 Å². The van der Waals surface area contributed by atoms with Gasteiger partial charge in [0.25, 0.3) is 0 Å². The number of benzene rings is 1. The van der Waals surface area contributed by atoms with Gasteiger partial charge >= 0.3 is 5.97 Å². The maximum atomic E-state index is 13.0. The Hall–Kier alpha value is -2.01. The smallest absolute Gasteiger partial charge is 0.333 e. The van der Waals surface area contributed by atoms with Crippen LogP contribution in [-0.2, 0) is 16.0 Å². The number of ketones is 2. The minimum absolute atomic E-state index is 0.123. The highest BCUT2D eigenvalue weighted by molar-refractivity contribution is 6.33. The van der Waals surface area contributed by atoms with Crippen molar-refractivity contribution < 1.29 is 24.2 Å². The van der Waals surface area contributed by atoms with E-state index in [2.05, 4.69) is 6.92 Å². The second-order valence-electron chi connectivity index (χ2n) is 5.81. The lowest BCUT2D eigenvalue weighted by Gasteiger charge is -2.25. The molecule has 1 unspecified atom stereocenters. The first-order valence-corrected chi connectivity index (χ1v) is 8.06. The summed E-state index contributed by atoms with van der Waals surface area (Å²) in [5, 5.41) is 8.94. The van der Waals surface area contributed by atoms with Crippen LogP contribution < -0.4 is 0 Å². The third kappa shape index (κ3) is 2.93. The first-order valence-electron chi connectivity index (χ1n) is 8.06. The number of esters is 1. The molecular formula is C18H22O5. The third-order valence-corrected chi connectivity index (χ3v) is 4.17. The van der Waals surface area contributed by atoms with Crippen molar-refractivity contribution in [3.8, 4) is 0 Å². The van der Waals surface area contributed by atoms with Crippen molar-refractivity contribution in [2.24, 2.45) is 0 Å². The zero-order valence-corrected chi connectivity index (χ0v) is 13.6. The Kier molecular flexibility index (Phi) is 5.31. The summed E-state index contributed by atoms with van der Waals surface area (Å²) in [6.45, 7) is 3.02. The van der Waals surface area contributed by atoms with E-state index in [1.807, 2.05) is 13.0 Å². The molecule has 1 aliphatic rings. The van der Waals surface area contributed by atoms with Crippen LogP contribution in [-0.4, -0.2) is 34.9 Å². The molecule has 1 aromatic carbocycles. The first kappa shape index (κ1) is 17.3. The number of hydrogen-bond donors (Lipinski definition) is 1. The predicted molar refractivity (Wildman–Crippen MR) is 84.5 cm³/mol. The molecule has 0 radical (unpaired) electrons. The Morgan fingerprint density at radius 1 is 1.17 bits per heavy atom. The Labute approximate surface area is 135 Å². The van der Waals surface area contributed by atoms with E-state index in [0.717, 1.165) is 18.4 Å². The summed E-state index contributed by atoms with van der Waals surface area (Å²) in [5.74, 6) is -1.88. The molecule has 0 amide bonds. The lowest BCUT2D eigenvalue weighted by atomic mass is 9.91. The molecule has 0 heterocycles. The summed E-state index contributed by atoms with van der Waals surface area (Å²) in [4.78, 5) is 37.4. The average Bonchev–Trinajstić information content (AvgIpc) is 2.76. The van der Waals surface area contributed by atoms with Gasteiger partial charge in [0.2, 0.25) is 17.2 Å². The van der Waals surface area contributed by atoms with Gasteiger partial charge in [-0.3, -0.25) is 9.59 Å². The number of unbranched alkanes of at least 4 members (excludes halogenated alkanes) is 1. The van der Waals surface area contributed by atoms with Gasteiger partial charge in [-0.05, 0) is 18.4 Å². The number of aryl methyl sites for hydroxylation is 1. The van der Waals surface area contributed by atoms with E-state index in [9.17, 15) is 14.4 Å². The molecule has 5 nitrogen and oxygen atoms in total. The number of ether oxygens (including phenoxy) is 1. The maximum Gasteiger partial charge on any atom is 0.333 e. The minimum atomic E-state index is -1.81. The highest BCUT2D eigenvalue weighted by atomic mass is 16.6. The van der Waals surface area contributed by atoms with Gasteiger partial charge in [0.1, 0.15) is 6.61 Å². The number of fused-ring (bicyclic) bond motifs is 1. The lowest BCUT2D eigenvalue weighted by Crippen LogP contribution is -2.46. The fourth-order valence-electron chi connectivity index (χ4n) is 3.11. The quantitative estimate of drug-likeness (QED) is 0.617. The molecule has 1 aliphatic carbocycles. The highest BCUT2D eigenvalue weighted by Crippen LogP contribution is 2.38. The molecule has 0 saturated carbocycles. The van der Waals surface area contributed by atoms with Crippen LogP contribution in [0.3, 0.4) is 0 Å². The van der Waals surface area contributed by atoms with Crippen LogP contribution in [0.2, 0.25) is 0 Å². The second kappa shape index (κ2) is 7.04. The number of aliphatic hydroxyl groups is 1. The van der Waals surface area contributed by atoms with Gasteiger partial charge in [-0.2, -0.15) is 0 Å². The van der Waals surface area contributed by atoms with E-state index < -0.39 is 29.7 Å². The average molecular weight is 318 g/mol. The minimum Gasteiger partial charge on any atom is -0.440 e. The van der Waals surface area contributed by atoms with Gasteiger partial charge in [-0.25, -0.2) is 4.79 Å². The Morgan fingerprint density at radius 3 is 2.52 bits per heavy atom. The Bertz CT molecular complexity index is 634. The molecule has 23 heavy (non-hydrogen) atoms. The molecule has 0 fully saturated rings. The van der Waals surface area contributed by atoms with Gasteiger partial charge in [-0.1, -0.05) is 44.9 Å². The SMILES string of the molecule is CCCCc1cccc2c1C(=O)C(CCC)(OC(=O)CO)C2=O. The predicted octanol–water partition coefficient (Wildman–Crippen LogP) is 2.48. The van der Waals surface area contributed by atoms with E-state index in [4.69, 9.17) is 9.84 Å². The fourth-order valence-corrected chi connectivity index (χ4v) is 3.11. The van der Waals surface area contributed by atoms with Crippen LogP contribution in [0, 0.1) is 0 Å². The second-order valence-corrected chi connectivity index (χ2v) is 5.81. The molecule has 124 valence electrons. The highest BCUT2D eigenvalue weighted by Gasteiger charge is 2.56. The van der Waals surface area contributed by atoms with Crippen molar-refractivity contribution in [3.63, 3.8) is 0 Å². The van der Waals surface area contributed by atoms with Gasteiger partial charge in [-0.15, -0.1) is 0 Å². The van der Waals surface area contributed by atoms with Crippen LogP contribution in [0.25, 0.3) is 0 Å². The molecule has 0 spiro atoms. The number of Topliss-reactive ketones (excluding diaryl/α,β-unsaturated/α-hetero) is 2. The number of carbonyl (C=O) groups is 3. The van der Waals surface area contributed by atoms with Crippen LogP contribution >= 0.6 is 0 Å². The molecule has 0 aliphatic heterocycles. The molecule has 1 atom stereocenters. The zero-order valence-electron chi connectivity index (χ0n) is 13.6. The van der Waals surface area contributed by atoms with Crippen molar-refractivity contribution in [1.82, 2.24) is 0 Å². The molecule has 1 N–H and O–H groups in total. The number of carbonyl (C=O) groups excluding carboxylic acids is 3. The number of aliphatic hydroxyl groups excluding tert-OH is 1. The number of hydrogen-bond acceptors (Lipinski definition) is 5. The third-order valence-electron chi connectivity index (χ3n) is 4.17. The van der Waals surface area contributed by atoms with Crippen molar-refractivity contribution >= 4 is 17.5 Å². The normalized spacial score (nSPS) is 19.8. The molecule has 0 bridgehead atoms. The Morgan fingerprint density at radius 2 is 1.91 bits per heavy atom. The molecular weight excluding hydrogens is 296 g/mol. The van der Waals surface area contributed by atoms with Gasteiger partial charge in [0, 0.05) is 17.5 Å². The lowest BCUT2D eigenvalue weighted by molar-refractivity contribution is -0.155. The largest absolute Gasteiger partial charge is 0.440 e. The zero-order chi connectivity index (χ0) is 17.0. The molecule has 0 saturated heterocycles. The fraction of sp³-hybridized carbons (Fsp3) is 0.500. The van der Waals surface area contributed by atoms with Crippen LogP contribution in [0.1, 0.15) is 65.8 Å². The molecule has 1 aromatic rings. The summed E-state index contributed by atoms with van der Waals surface area (Å²) in [6.07, 6.45) is 3.22.